The zero-order valence-electron chi connectivity index (χ0n) is 5.44. The van der Waals surface area contributed by atoms with E-state index in [2.05, 4.69) is 11.7 Å². The Labute approximate surface area is 78.7 Å². The van der Waals surface area contributed by atoms with Crippen LogP contribution in [0.15, 0.2) is 0 Å². The van der Waals surface area contributed by atoms with Gasteiger partial charge < -0.3 is 4.74 Å². The summed E-state index contributed by atoms with van der Waals surface area (Å²) >= 11 is -2.22. The molecule has 0 fully saturated rings. The van der Waals surface area contributed by atoms with Gasteiger partial charge in [-0.25, -0.2) is 0 Å². The summed E-state index contributed by atoms with van der Waals surface area (Å²) < 4.78 is 4.20. The average molecular weight is 313 g/mol. The second-order valence-corrected chi connectivity index (χ2v) is 15.8. The quantitative estimate of drug-likeness (QED) is 0.545. The normalized spacial score (nSPS) is 8.20. The van der Waals surface area contributed by atoms with Gasteiger partial charge in [-0.15, -0.1) is 0 Å². The van der Waals surface area contributed by atoms with Crippen LogP contribution < -0.4 is 0 Å². The number of carbonyl (C=O) groups excluding carboxylic acids is 1. The number of carbonyl (C=O) groups is 1. The molecule has 0 aliphatic carbocycles. The molecular formula is C4H8Cl3O2Sn. The molecule has 0 aromatic carbocycles. The summed E-state index contributed by atoms with van der Waals surface area (Å²) in [5, 5.41) is 0. The summed E-state index contributed by atoms with van der Waals surface area (Å²) in [6.45, 7) is 3.28. The van der Waals surface area contributed by atoms with Crippen molar-refractivity contribution < 1.29 is 9.53 Å². The van der Waals surface area contributed by atoms with E-state index >= 15 is 0 Å². The fourth-order valence-electron chi connectivity index (χ4n) is 0.102. The van der Waals surface area contributed by atoms with Gasteiger partial charge in [-0.3, -0.25) is 4.79 Å². The third-order valence-electron chi connectivity index (χ3n) is 0.432. The summed E-state index contributed by atoms with van der Waals surface area (Å²) in [6.07, 6.45) is 0.219. The van der Waals surface area contributed by atoms with Crippen molar-refractivity contribution in [1.29, 1.82) is 0 Å². The molecule has 0 unspecified atom stereocenters. The first kappa shape index (κ1) is 13.7. The van der Waals surface area contributed by atoms with Crippen LogP contribution in [0.1, 0.15) is 6.42 Å². The number of methoxy groups -OCH3 is 1. The van der Waals surface area contributed by atoms with Crippen molar-refractivity contribution in [3.63, 3.8) is 0 Å². The third-order valence-corrected chi connectivity index (χ3v) is 0.432. The molecule has 0 rings (SSSR count). The van der Waals surface area contributed by atoms with E-state index in [1.807, 2.05) is 0 Å². The van der Waals surface area contributed by atoms with E-state index < -0.39 is 16.4 Å². The summed E-state index contributed by atoms with van der Waals surface area (Å²) in [4.78, 5) is 9.90. The van der Waals surface area contributed by atoms with E-state index in [1.165, 1.54) is 7.11 Å². The number of ether oxygens (including phenoxy) is 1. The molecular weight excluding hydrogens is 305 g/mol. The van der Waals surface area contributed by atoms with Crippen molar-refractivity contribution in [3.05, 3.63) is 6.92 Å². The Kier molecular flexibility index (Phi) is 13.9. The molecule has 0 N–H and O–H groups in total. The second-order valence-electron chi connectivity index (χ2n) is 1.07. The van der Waals surface area contributed by atoms with E-state index in [9.17, 15) is 4.79 Å². The molecule has 0 bridgehead atoms. The Bertz CT molecular complexity index is 79.8. The van der Waals surface area contributed by atoms with Crippen LogP contribution >= 0.6 is 26.8 Å². The van der Waals surface area contributed by atoms with Crippen molar-refractivity contribution in [1.82, 2.24) is 0 Å². The van der Waals surface area contributed by atoms with Crippen LogP contribution in [0.2, 0.25) is 0 Å². The fourth-order valence-corrected chi connectivity index (χ4v) is 0.102. The Morgan fingerprint density at radius 2 is 1.90 bits per heavy atom. The molecule has 1 radical (unpaired) electrons. The van der Waals surface area contributed by atoms with Gasteiger partial charge in [0.15, 0.2) is 0 Å². The van der Waals surface area contributed by atoms with Crippen LogP contribution in [0.4, 0.5) is 0 Å². The number of rotatable bonds is 1. The predicted molar refractivity (Wildman–Crippen MR) is 46.7 cm³/mol. The third kappa shape index (κ3) is 22.9. The molecule has 0 amide bonds. The molecule has 2 nitrogen and oxygen atoms in total. The molecule has 0 saturated heterocycles. The van der Waals surface area contributed by atoms with Gasteiger partial charge in [-0.05, 0) is 6.92 Å². The zero-order chi connectivity index (χ0) is 8.57. The molecule has 0 spiro atoms. The molecule has 6 heteroatoms. The van der Waals surface area contributed by atoms with E-state index in [-0.39, 0.29) is 12.4 Å². The Morgan fingerprint density at radius 3 is 1.90 bits per heavy atom. The van der Waals surface area contributed by atoms with E-state index in [1.54, 1.807) is 0 Å². The van der Waals surface area contributed by atoms with Crippen LogP contribution in [0.3, 0.4) is 0 Å². The first-order valence-corrected chi connectivity index (χ1v) is 14.8. The maximum atomic E-state index is 9.90. The van der Waals surface area contributed by atoms with Gasteiger partial charge in [-0.2, -0.15) is 0 Å². The van der Waals surface area contributed by atoms with Gasteiger partial charge in [0.25, 0.3) is 0 Å². The van der Waals surface area contributed by atoms with E-state index in [0.717, 1.165) is 0 Å². The summed E-state index contributed by atoms with van der Waals surface area (Å²) in [7, 11) is 16.4. The van der Waals surface area contributed by atoms with Crippen LogP contribution in [0.5, 0.6) is 0 Å². The molecule has 61 valence electrons. The molecule has 0 aromatic heterocycles. The monoisotopic (exact) mass is 313 g/mol. The predicted octanol–water partition coefficient (Wildman–Crippen LogP) is 1.80. The molecule has 0 atom stereocenters. The first-order valence-electron chi connectivity index (χ1n) is 2.32. The molecule has 0 saturated carbocycles. The summed E-state index contributed by atoms with van der Waals surface area (Å²) in [5.41, 5.74) is 0. The standard InChI is InChI=1S/C4H7O2.3ClH.Sn.H/c1-3-4(5)6-2;;;;;/h1,3H2,2H3;3*1H;;/q;;;;+3;/p-3. The Hall–Kier alpha value is 1.14. The first-order chi connectivity index (χ1) is 4.54. The topological polar surface area (TPSA) is 26.3 Å². The second kappa shape index (κ2) is 10.1. The molecule has 0 aromatic rings. The van der Waals surface area contributed by atoms with E-state index in [0.29, 0.717) is 0 Å². The van der Waals surface area contributed by atoms with Gasteiger partial charge in [-0.1, -0.05) is 0 Å². The minimum absolute atomic E-state index is 0.219. The minimum atomic E-state index is -2.22. The van der Waals surface area contributed by atoms with Crippen LogP contribution in [0, 0.1) is 6.92 Å². The fraction of sp³-hybridized carbons (Fsp3) is 0.500. The van der Waals surface area contributed by atoms with Crippen molar-refractivity contribution in [2.24, 2.45) is 0 Å². The number of esters is 1. The van der Waals surface area contributed by atoms with E-state index in [4.69, 9.17) is 26.8 Å². The van der Waals surface area contributed by atoms with Gasteiger partial charge >= 0.3 is 49.1 Å². The SMILES string of the molecule is [CH2]CC(=O)OC.[Cl][SnH]([Cl])[Cl]. The van der Waals surface area contributed by atoms with Gasteiger partial charge in [0.2, 0.25) is 0 Å². The maximum absolute atomic E-state index is 9.90. The zero-order valence-corrected chi connectivity index (χ0v) is 11.0. The molecule has 0 aliphatic rings. The van der Waals surface area contributed by atoms with Crippen LogP contribution in [-0.4, -0.2) is 29.5 Å². The van der Waals surface area contributed by atoms with Gasteiger partial charge in [0.05, 0.1) is 7.11 Å². The number of hydrogen-bond acceptors (Lipinski definition) is 2. The Balaban J connectivity index is 0. The summed E-state index contributed by atoms with van der Waals surface area (Å²) in [5.74, 6) is -0.269. The van der Waals surface area contributed by atoms with Crippen LogP contribution in [0.25, 0.3) is 0 Å². The number of halogens is 3. The van der Waals surface area contributed by atoms with Crippen molar-refractivity contribution >= 4 is 49.1 Å². The van der Waals surface area contributed by atoms with Crippen molar-refractivity contribution in [2.75, 3.05) is 7.11 Å². The van der Waals surface area contributed by atoms with Crippen molar-refractivity contribution in [3.8, 4) is 0 Å². The molecule has 0 aliphatic heterocycles. The molecule has 10 heavy (non-hydrogen) atoms. The van der Waals surface area contributed by atoms with Gasteiger partial charge in [0, 0.05) is 6.42 Å². The summed E-state index contributed by atoms with van der Waals surface area (Å²) in [6, 6.07) is 0. The van der Waals surface area contributed by atoms with Crippen molar-refractivity contribution in [2.45, 2.75) is 6.42 Å². The number of hydrogen-bond donors (Lipinski definition) is 0. The Morgan fingerprint density at radius 1 is 1.60 bits per heavy atom. The average Bonchev–Trinajstić information content (AvgIpc) is 1.85. The van der Waals surface area contributed by atoms with Gasteiger partial charge in [0.1, 0.15) is 0 Å². The van der Waals surface area contributed by atoms with Crippen LogP contribution in [-0.2, 0) is 9.53 Å². The molecule has 0 heterocycles.